The highest BCUT2D eigenvalue weighted by Gasteiger charge is 2.65. The number of carbonyl (C=O) groups excluding carboxylic acids is 1. The van der Waals surface area contributed by atoms with Gasteiger partial charge < -0.3 is 33.2 Å². The minimum absolute atomic E-state index is 0.0970. The van der Waals surface area contributed by atoms with Crippen LogP contribution in [0, 0.1) is 0 Å². The van der Waals surface area contributed by atoms with Crippen molar-refractivity contribution < 1.29 is 51.1 Å². The molecule has 0 spiro atoms. The average Bonchev–Trinajstić information content (AvgIpc) is 3.34. The summed E-state index contributed by atoms with van der Waals surface area (Å²) in [5.41, 5.74) is -2.55. The molecule has 3 aromatic carbocycles. The molecule has 0 fully saturated rings. The third-order valence-corrected chi connectivity index (χ3v) is 8.43. The first-order chi connectivity index (χ1) is 20.4. The van der Waals surface area contributed by atoms with E-state index in [1.807, 2.05) is 12.1 Å². The molecule has 11 heteroatoms. The van der Waals surface area contributed by atoms with Crippen molar-refractivity contribution in [3.05, 3.63) is 76.9 Å². The first kappa shape index (κ1) is 29.0. The summed E-state index contributed by atoms with van der Waals surface area (Å²) in [4.78, 5) is 13.4. The lowest BCUT2D eigenvalue weighted by molar-refractivity contribution is -0.280. The van der Waals surface area contributed by atoms with Crippen LogP contribution in [0.2, 0.25) is 0 Å². The monoisotopic (exact) mass is 600 g/mol. The maximum atomic E-state index is 14.5. The topological polar surface area (TPSA) is 81.7 Å². The summed E-state index contributed by atoms with van der Waals surface area (Å²) in [5.74, 6) is 1.13. The van der Waals surface area contributed by atoms with Crippen LogP contribution in [-0.2, 0) is 26.3 Å². The zero-order valence-electron chi connectivity index (χ0n) is 24.2. The van der Waals surface area contributed by atoms with Crippen LogP contribution >= 0.6 is 0 Å². The predicted molar refractivity (Wildman–Crippen MR) is 147 cm³/mol. The molecule has 0 N–H and O–H groups in total. The summed E-state index contributed by atoms with van der Waals surface area (Å²) in [6, 6.07) is 14.0. The molecule has 3 aliphatic heterocycles. The van der Waals surface area contributed by atoms with Crippen LogP contribution in [0.25, 0.3) is 0 Å². The molecule has 3 aliphatic rings. The highest BCUT2D eigenvalue weighted by Crippen LogP contribution is 2.55. The van der Waals surface area contributed by atoms with Crippen molar-refractivity contribution in [1.82, 2.24) is 0 Å². The summed E-state index contributed by atoms with van der Waals surface area (Å²) in [7, 11) is 3.95. The van der Waals surface area contributed by atoms with Crippen LogP contribution in [0.15, 0.2) is 54.6 Å². The smallest absolute Gasteiger partial charge is 0.432 e. The molecule has 3 heterocycles. The Kier molecular flexibility index (Phi) is 6.91. The van der Waals surface area contributed by atoms with E-state index in [4.69, 9.17) is 33.2 Å². The van der Waals surface area contributed by atoms with Crippen molar-refractivity contribution >= 4 is 5.97 Å². The van der Waals surface area contributed by atoms with E-state index < -0.39 is 29.5 Å². The Hall–Kier alpha value is -4.12. The Morgan fingerprint density at radius 1 is 0.907 bits per heavy atom. The Morgan fingerprint density at radius 2 is 1.60 bits per heavy atom. The van der Waals surface area contributed by atoms with Crippen LogP contribution in [0.4, 0.5) is 13.2 Å². The zero-order chi connectivity index (χ0) is 30.7. The highest BCUT2D eigenvalue weighted by atomic mass is 19.4. The summed E-state index contributed by atoms with van der Waals surface area (Å²) in [6.45, 7) is 3.68. The van der Waals surface area contributed by atoms with E-state index in [-0.39, 0.29) is 24.0 Å². The fourth-order valence-electron chi connectivity index (χ4n) is 6.09. The van der Waals surface area contributed by atoms with Crippen LogP contribution in [0.5, 0.6) is 28.7 Å². The maximum absolute atomic E-state index is 14.5. The third-order valence-electron chi connectivity index (χ3n) is 8.43. The Labute approximate surface area is 246 Å². The number of benzene rings is 3. The van der Waals surface area contributed by atoms with Crippen LogP contribution in [0.3, 0.4) is 0 Å². The van der Waals surface area contributed by atoms with Gasteiger partial charge in [0.15, 0.2) is 11.5 Å². The lowest BCUT2D eigenvalue weighted by Gasteiger charge is -2.42. The Morgan fingerprint density at radius 3 is 2.26 bits per heavy atom. The molecular weight excluding hydrogens is 569 g/mol. The van der Waals surface area contributed by atoms with Gasteiger partial charge >= 0.3 is 12.1 Å². The van der Waals surface area contributed by atoms with E-state index in [9.17, 15) is 18.0 Å². The van der Waals surface area contributed by atoms with Crippen molar-refractivity contribution in [2.24, 2.45) is 0 Å². The van der Waals surface area contributed by atoms with Gasteiger partial charge in [0.1, 0.15) is 35.1 Å². The quantitative estimate of drug-likeness (QED) is 0.317. The molecule has 43 heavy (non-hydrogen) atoms. The van der Waals surface area contributed by atoms with E-state index in [1.54, 1.807) is 46.3 Å². The molecule has 0 radical (unpaired) electrons. The minimum atomic E-state index is -5.09. The SMILES string of the molecule is COc1cc2c(cc1OC)[C@@H]1COc3cc4c(cc3[C@@H]1O2)C[C@@H](OC(=O)[C@@](OC)(c1ccccc1)C(F)(F)F)C(C)(C)O4. The number of alkyl halides is 3. The first-order valence-electron chi connectivity index (χ1n) is 13.7. The van der Waals surface area contributed by atoms with Crippen molar-refractivity contribution in [2.45, 2.75) is 55.8 Å². The molecule has 8 nitrogen and oxygen atoms in total. The standard InChI is InChI=1S/C32H31F3O8/c1-30(2)27(42-29(36)31(39-5,32(33,34)35)18-9-7-6-8-10-18)12-17-11-20-23(14-22(17)43-30)40-16-21-19-13-25(37-3)26(38-4)15-24(19)41-28(20)21/h6-11,13-15,21,27-28H,12,16H2,1-5H3/t21-,27+,28-,31-/m0/s1. The summed E-state index contributed by atoms with van der Waals surface area (Å²) >= 11 is 0. The van der Waals surface area contributed by atoms with Crippen LogP contribution in [-0.4, -0.2) is 51.8 Å². The van der Waals surface area contributed by atoms with E-state index in [2.05, 4.69) is 0 Å². The van der Waals surface area contributed by atoms with Crippen molar-refractivity contribution in [3.63, 3.8) is 0 Å². The van der Waals surface area contributed by atoms with Gasteiger partial charge in [-0.3, -0.25) is 0 Å². The molecule has 0 amide bonds. The van der Waals surface area contributed by atoms with Gasteiger partial charge in [0.2, 0.25) is 0 Å². The molecule has 0 aromatic heterocycles. The maximum Gasteiger partial charge on any atom is 0.432 e. The summed E-state index contributed by atoms with van der Waals surface area (Å²) in [5, 5.41) is 0. The number of ether oxygens (including phenoxy) is 7. The third kappa shape index (κ3) is 4.52. The number of fused-ring (bicyclic) bond motifs is 6. The van der Waals surface area contributed by atoms with Gasteiger partial charge in [-0.15, -0.1) is 0 Å². The largest absolute Gasteiger partial charge is 0.493 e. The van der Waals surface area contributed by atoms with Gasteiger partial charge in [0.25, 0.3) is 5.60 Å². The lowest BCUT2D eigenvalue weighted by Crippen LogP contribution is -2.56. The average molecular weight is 601 g/mol. The van der Waals surface area contributed by atoms with E-state index in [0.29, 0.717) is 40.9 Å². The number of esters is 1. The number of halogens is 3. The van der Waals surface area contributed by atoms with E-state index in [0.717, 1.165) is 18.2 Å². The van der Waals surface area contributed by atoms with Crippen LogP contribution < -0.4 is 23.7 Å². The summed E-state index contributed by atoms with van der Waals surface area (Å²) < 4.78 is 83.7. The highest BCUT2D eigenvalue weighted by molar-refractivity contribution is 5.83. The molecule has 3 aromatic rings. The molecule has 228 valence electrons. The van der Waals surface area contributed by atoms with Gasteiger partial charge in [0, 0.05) is 42.4 Å². The first-order valence-corrected chi connectivity index (χ1v) is 13.7. The Balaban J connectivity index is 1.32. The van der Waals surface area contributed by atoms with Gasteiger partial charge in [-0.25, -0.2) is 4.79 Å². The molecule has 0 aliphatic carbocycles. The molecule has 4 atom stereocenters. The van der Waals surface area contributed by atoms with Gasteiger partial charge in [0.05, 0.1) is 26.7 Å². The molecule has 0 bridgehead atoms. The lowest BCUT2D eigenvalue weighted by atomic mass is 9.85. The number of carbonyl (C=O) groups is 1. The Bertz CT molecular complexity index is 1550. The van der Waals surface area contributed by atoms with E-state index in [1.165, 1.54) is 24.3 Å². The number of hydrogen-bond donors (Lipinski definition) is 0. The predicted octanol–water partition coefficient (Wildman–Crippen LogP) is 6.04. The van der Waals surface area contributed by atoms with Gasteiger partial charge in [-0.05, 0) is 31.5 Å². The van der Waals surface area contributed by atoms with Gasteiger partial charge in [-0.2, -0.15) is 13.2 Å². The molecule has 0 saturated heterocycles. The summed E-state index contributed by atoms with van der Waals surface area (Å²) in [6.07, 6.45) is -6.45. The van der Waals surface area contributed by atoms with E-state index >= 15 is 0 Å². The minimum Gasteiger partial charge on any atom is -0.493 e. The normalized spacial score (nSPS) is 22.7. The van der Waals surface area contributed by atoms with Gasteiger partial charge in [-0.1, -0.05) is 30.3 Å². The zero-order valence-corrected chi connectivity index (χ0v) is 24.2. The van der Waals surface area contributed by atoms with Crippen molar-refractivity contribution in [1.29, 1.82) is 0 Å². The fourth-order valence-corrected chi connectivity index (χ4v) is 6.09. The molecule has 0 unspecified atom stereocenters. The molecular formula is C32H31F3O8. The second kappa shape index (κ2) is 10.3. The number of rotatable bonds is 6. The molecule has 6 rings (SSSR count). The second-order valence-corrected chi connectivity index (χ2v) is 11.3. The van der Waals surface area contributed by atoms with Crippen molar-refractivity contribution in [3.8, 4) is 28.7 Å². The van der Waals surface area contributed by atoms with Crippen molar-refractivity contribution in [2.75, 3.05) is 27.9 Å². The second-order valence-electron chi connectivity index (χ2n) is 11.3. The molecule has 0 saturated carbocycles. The number of methoxy groups -OCH3 is 3. The number of hydrogen-bond acceptors (Lipinski definition) is 8. The fraction of sp³-hybridized carbons (Fsp3) is 0.406. The van der Waals surface area contributed by atoms with Crippen LogP contribution in [0.1, 0.15) is 48.1 Å².